The Bertz CT molecular complexity index is 1810. The third-order valence-corrected chi connectivity index (χ3v) is 10.9. The summed E-state index contributed by atoms with van der Waals surface area (Å²) in [4.78, 5) is 32.3. The largest absolute Gasteiger partial charge is 0.416 e. The Morgan fingerprint density at radius 1 is 1.04 bits per heavy atom. The number of aromatic nitrogens is 4. The van der Waals surface area contributed by atoms with Crippen molar-refractivity contribution in [2.45, 2.75) is 102 Å². The molecule has 0 amide bonds. The molecule has 3 saturated carbocycles. The molecule has 4 aromatic rings. The molecule has 9 nitrogen and oxygen atoms in total. The quantitative estimate of drug-likeness (QED) is 0.129. The van der Waals surface area contributed by atoms with Gasteiger partial charge in [-0.15, -0.1) is 11.3 Å². The number of benzene rings is 1. The summed E-state index contributed by atoms with van der Waals surface area (Å²) in [6.07, 6.45) is 0.463. The highest BCUT2D eigenvalue weighted by molar-refractivity contribution is 7.21. The number of rotatable bonds is 12. The topological polar surface area (TPSA) is 133 Å². The summed E-state index contributed by atoms with van der Waals surface area (Å²) < 4.78 is 39.7. The van der Waals surface area contributed by atoms with Gasteiger partial charge in [-0.05, 0) is 88.0 Å². The van der Waals surface area contributed by atoms with Crippen molar-refractivity contribution in [2.75, 3.05) is 10.6 Å². The molecule has 4 N–H and O–H groups in total. The van der Waals surface area contributed by atoms with Crippen LogP contribution in [-0.2, 0) is 17.4 Å². The molecule has 0 spiro atoms. The number of hydrogen-bond acceptors (Lipinski definition) is 10. The maximum absolute atomic E-state index is 12.9. The van der Waals surface area contributed by atoms with Crippen molar-refractivity contribution >= 4 is 39.1 Å². The van der Waals surface area contributed by atoms with Crippen molar-refractivity contribution in [3.05, 3.63) is 59.0 Å². The summed E-state index contributed by atoms with van der Waals surface area (Å²) in [7, 11) is 0. The number of ketones is 1. The Labute approximate surface area is 280 Å². The maximum Gasteiger partial charge on any atom is 0.416 e. The zero-order valence-corrected chi connectivity index (χ0v) is 27.6. The average Bonchev–Trinajstić information content (AvgIpc) is 3.98. The van der Waals surface area contributed by atoms with Crippen molar-refractivity contribution in [1.29, 1.82) is 0 Å². The summed E-state index contributed by atoms with van der Waals surface area (Å²) in [6, 6.07) is 6.38. The summed E-state index contributed by atoms with van der Waals surface area (Å²) in [5.41, 5.74) is 3.25. The van der Waals surface area contributed by atoms with E-state index < -0.39 is 35.9 Å². The van der Waals surface area contributed by atoms with Crippen LogP contribution >= 0.6 is 11.3 Å². The van der Waals surface area contributed by atoms with E-state index in [1.165, 1.54) is 12.1 Å². The molecule has 3 heterocycles. The fourth-order valence-electron chi connectivity index (χ4n) is 6.74. The number of Topliss-reactive ketones (excluding diaryl/α,β-unsaturated/α-hetero) is 1. The van der Waals surface area contributed by atoms with E-state index in [9.17, 15) is 28.2 Å². The first-order chi connectivity index (χ1) is 22.9. The van der Waals surface area contributed by atoms with Crippen molar-refractivity contribution in [2.24, 2.45) is 11.8 Å². The number of nitrogens with one attached hydrogen (secondary N) is 2. The number of carbonyl (C=O) groups is 1. The molecule has 13 heteroatoms. The Hall–Kier alpha value is -3.68. The van der Waals surface area contributed by atoms with Crippen LogP contribution in [0, 0.1) is 18.8 Å². The number of thiazole rings is 1. The van der Waals surface area contributed by atoms with E-state index in [4.69, 9.17) is 15.0 Å². The lowest BCUT2D eigenvalue weighted by atomic mass is 9.95. The third kappa shape index (κ3) is 7.04. The van der Waals surface area contributed by atoms with E-state index in [2.05, 4.69) is 22.5 Å². The number of fused-ring (bicyclic) bond motifs is 1. The van der Waals surface area contributed by atoms with Gasteiger partial charge in [-0.2, -0.15) is 18.2 Å². The van der Waals surface area contributed by atoms with Crippen molar-refractivity contribution < 1.29 is 28.2 Å². The van der Waals surface area contributed by atoms with Crippen molar-refractivity contribution in [3.8, 4) is 10.6 Å². The highest BCUT2D eigenvalue weighted by Gasteiger charge is 2.43. The Balaban J connectivity index is 1.09. The minimum absolute atomic E-state index is 0.0488. The molecule has 3 aliphatic carbocycles. The van der Waals surface area contributed by atoms with E-state index >= 15 is 0 Å². The van der Waals surface area contributed by atoms with Gasteiger partial charge in [0.15, 0.2) is 0 Å². The molecule has 0 unspecified atom stereocenters. The Morgan fingerprint density at radius 2 is 1.79 bits per heavy atom. The van der Waals surface area contributed by atoms with Gasteiger partial charge >= 0.3 is 6.18 Å². The lowest BCUT2D eigenvalue weighted by Gasteiger charge is -2.22. The molecule has 0 aliphatic heterocycles. The molecule has 0 bridgehead atoms. The van der Waals surface area contributed by atoms with Crippen LogP contribution in [0.3, 0.4) is 0 Å². The summed E-state index contributed by atoms with van der Waals surface area (Å²) in [5, 5.41) is 29.7. The number of anilines is 2. The summed E-state index contributed by atoms with van der Waals surface area (Å²) in [5.74, 6) is 1.36. The van der Waals surface area contributed by atoms with Crippen LogP contribution in [0.25, 0.3) is 20.8 Å². The fourth-order valence-corrected chi connectivity index (χ4v) is 7.80. The van der Waals surface area contributed by atoms with Crippen LogP contribution in [0.1, 0.15) is 80.3 Å². The van der Waals surface area contributed by atoms with Gasteiger partial charge in [0.1, 0.15) is 28.2 Å². The van der Waals surface area contributed by atoms with Gasteiger partial charge in [0.2, 0.25) is 5.95 Å². The molecule has 0 radical (unpaired) electrons. The van der Waals surface area contributed by atoms with Gasteiger partial charge in [-0.25, -0.2) is 9.97 Å². The fraction of sp³-hybridized carbons (Fsp3) is 0.514. The minimum atomic E-state index is -4.41. The number of aryl methyl sites for hydroxylation is 2. The molecule has 3 aliphatic rings. The van der Waals surface area contributed by atoms with Gasteiger partial charge < -0.3 is 20.8 Å². The molecule has 3 fully saturated rings. The predicted molar refractivity (Wildman–Crippen MR) is 178 cm³/mol. The number of alkyl halides is 3. The molecule has 3 aromatic heterocycles. The number of carbonyl (C=O) groups excluding carboxylic acids is 1. The summed E-state index contributed by atoms with van der Waals surface area (Å²) >= 11 is 1.54. The van der Waals surface area contributed by atoms with Crippen LogP contribution in [0.15, 0.2) is 36.5 Å². The van der Waals surface area contributed by atoms with E-state index in [0.29, 0.717) is 42.0 Å². The standard InChI is InChI=1S/C35H39F3N6O3S/c1-17(20-6-7-20)40-34-41-18(2)27(33-43-29-26(48-33)13-14-39-28(29)21-8-9-21)32(44-34)42-25-16-22(30(46)31(25)47)15-24(45)12-5-19-3-10-23(11-4-19)35(36,37)38/h3-4,10-11,13-14,17,20-22,25,30-31,46-47H,5-9,12,15-16H2,1-2H3,(H2,40,41,42,44)/t17-,22+,25-,30-,31+/m1/s1. The van der Waals surface area contributed by atoms with E-state index in [1.807, 2.05) is 19.2 Å². The molecule has 1 aromatic carbocycles. The van der Waals surface area contributed by atoms with Gasteiger partial charge in [0, 0.05) is 31.0 Å². The van der Waals surface area contributed by atoms with Gasteiger partial charge in [-0.3, -0.25) is 9.78 Å². The highest BCUT2D eigenvalue weighted by Crippen LogP contribution is 2.45. The molecule has 7 rings (SSSR count). The van der Waals surface area contributed by atoms with Crippen LogP contribution in [-0.4, -0.2) is 60.2 Å². The Kier molecular flexibility index (Phi) is 8.88. The average molecular weight is 681 g/mol. The van der Waals surface area contributed by atoms with Gasteiger partial charge in [0.05, 0.1) is 39.4 Å². The number of aliphatic hydroxyl groups excluding tert-OH is 2. The lowest BCUT2D eigenvalue weighted by Crippen LogP contribution is -2.35. The number of nitrogens with zero attached hydrogens (tertiary/aromatic N) is 4. The first-order valence-electron chi connectivity index (χ1n) is 16.7. The molecule has 0 saturated heterocycles. The van der Waals surface area contributed by atoms with Crippen LogP contribution in [0.4, 0.5) is 24.9 Å². The first kappa shape index (κ1) is 32.8. The smallest absolute Gasteiger partial charge is 0.390 e. The normalized spacial score (nSPS) is 23.4. The van der Waals surface area contributed by atoms with Crippen molar-refractivity contribution in [3.63, 3.8) is 0 Å². The highest BCUT2D eigenvalue weighted by atomic mass is 32.1. The second-order valence-corrected chi connectivity index (χ2v) is 14.7. The van der Waals surface area contributed by atoms with Crippen LogP contribution in [0.2, 0.25) is 0 Å². The van der Waals surface area contributed by atoms with Crippen LogP contribution < -0.4 is 10.6 Å². The van der Waals surface area contributed by atoms with E-state index in [1.54, 1.807) is 11.3 Å². The second-order valence-electron chi connectivity index (χ2n) is 13.6. The number of aliphatic hydroxyl groups is 2. The number of hydrogen-bond donors (Lipinski definition) is 4. The maximum atomic E-state index is 12.9. The molecular formula is C35H39F3N6O3S. The Morgan fingerprint density at radius 3 is 2.48 bits per heavy atom. The molecule has 48 heavy (non-hydrogen) atoms. The first-order valence-corrected chi connectivity index (χ1v) is 17.5. The SMILES string of the molecule is Cc1nc(N[C@H](C)C2CC2)nc(N[C@@H]2C[C@H](CC(=O)CCc3ccc(C(F)(F)F)cc3)[C@@H](O)[C@H]2O)c1-c1nc2c(C3CC3)nccc2s1. The third-order valence-electron chi connectivity index (χ3n) is 9.88. The monoisotopic (exact) mass is 680 g/mol. The molecule has 5 atom stereocenters. The minimum Gasteiger partial charge on any atom is -0.390 e. The molecule has 254 valence electrons. The zero-order valence-electron chi connectivity index (χ0n) is 26.8. The zero-order chi connectivity index (χ0) is 33.7. The lowest BCUT2D eigenvalue weighted by molar-refractivity contribution is -0.137. The number of pyridine rings is 1. The van der Waals surface area contributed by atoms with Gasteiger partial charge in [-0.1, -0.05) is 12.1 Å². The van der Waals surface area contributed by atoms with E-state index in [-0.39, 0.29) is 24.7 Å². The van der Waals surface area contributed by atoms with Gasteiger partial charge in [0.25, 0.3) is 0 Å². The number of halogens is 3. The summed E-state index contributed by atoms with van der Waals surface area (Å²) in [6.45, 7) is 4.03. The van der Waals surface area contributed by atoms with Crippen molar-refractivity contribution in [1.82, 2.24) is 19.9 Å². The molecular weight excluding hydrogens is 641 g/mol. The second kappa shape index (κ2) is 13.0. The van der Waals surface area contributed by atoms with E-state index in [0.717, 1.165) is 70.0 Å². The predicted octanol–water partition coefficient (Wildman–Crippen LogP) is 6.68. The van der Waals surface area contributed by atoms with Crippen LogP contribution in [0.5, 0.6) is 0 Å².